The number of likely N-dealkylation sites (tertiary alicyclic amines) is 1. The van der Waals surface area contributed by atoms with E-state index in [9.17, 15) is 4.79 Å². The van der Waals surface area contributed by atoms with Crippen LogP contribution in [0.25, 0.3) is 0 Å². The Morgan fingerprint density at radius 2 is 1.74 bits per heavy atom. The minimum atomic E-state index is -0.354. The molecule has 1 saturated heterocycles. The molecule has 0 atom stereocenters. The Bertz CT molecular complexity index is 601. The summed E-state index contributed by atoms with van der Waals surface area (Å²) in [5.41, 5.74) is 1.02. The first-order valence-corrected chi connectivity index (χ1v) is 9.90. The molecule has 6 nitrogen and oxygen atoms in total. The lowest BCUT2D eigenvalue weighted by Gasteiger charge is -2.33. The number of hydrogen-bond acceptors (Lipinski definition) is 3. The Morgan fingerprint density at radius 3 is 2.33 bits per heavy atom. The number of amides is 1. The van der Waals surface area contributed by atoms with Crippen molar-refractivity contribution in [3.63, 3.8) is 0 Å². The minimum absolute atomic E-state index is 0.0676. The molecule has 0 aromatic heterocycles. The predicted octanol–water partition coefficient (Wildman–Crippen LogP) is 1.98. The van der Waals surface area contributed by atoms with Crippen LogP contribution in [0, 0.1) is 5.41 Å². The molecule has 0 spiro atoms. The van der Waals surface area contributed by atoms with Crippen molar-refractivity contribution in [2.75, 3.05) is 33.2 Å². The van der Waals surface area contributed by atoms with Crippen LogP contribution in [0.3, 0.4) is 0 Å². The maximum Gasteiger partial charge on any atom is 0.225 e. The third kappa shape index (κ3) is 7.59. The Balaban J connectivity index is 1.65. The summed E-state index contributed by atoms with van der Waals surface area (Å²) in [6.45, 7) is 10.2. The first kappa shape index (κ1) is 21.2. The Hall–Kier alpha value is -2.08. The van der Waals surface area contributed by atoms with Crippen molar-refractivity contribution >= 4 is 11.9 Å². The van der Waals surface area contributed by atoms with Gasteiger partial charge in [0.1, 0.15) is 0 Å². The van der Waals surface area contributed by atoms with Crippen molar-refractivity contribution in [1.29, 1.82) is 0 Å². The molecular weight excluding hydrogens is 338 g/mol. The molecule has 1 aromatic carbocycles. The number of carbonyl (C=O) groups is 1. The molecule has 150 valence electrons. The van der Waals surface area contributed by atoms with Gasteiger partial charge in [0.25, 0.3) is 0 Å². The van der Waals surface area contributed by atoms with E-state index < -0.39 is 0 Å². The van der Waals surface area contributed by atoms with E-state index >= 15 is 0 Å². The number of piperidine rings is 1. The van der Waals surface area contributed by atoms with Gasteiger partial charge in [0.15, 0.2) is 5.96 Å². The van der Waals surface area contributed by atoms with Crippen LogP contribution in [0.2, 0.25) is 0 Å². The lowest BCUT2D eigenvalue weighted by atomic mass is 9.96. The lowest BCUT2D eigenvalue weighted by Crippen LogP contribution is -2.49. The van der Waals surface area contributed by atoms with Crippen molar-refractivity contribution in [3.05, 3.63) is 35.9 Å². The highest BCUT2D eigenvalue weighted by atomic mass is 16.2. The summed E-state index contributed by atoms with van der Waals surface area (Å²) < 4.78 is 0. The summed E-state index contributed by atoms with van der Waals surface area (Å²) in [5, 5.41) is 9.74. The lowest BCUT2D eigenvalue weighted by molar-refractivity contribution is -0.128. The zero-order valence-electron chi connectivity index (χ0n) is 17.2. The van der Waals surface area contributed by atoms with Gasteiger partial charge < -0.3 is 16.0 Å². The summed E-state index contributed by atoms with van der Waals surface area (Å²) >= 11 is 0. The topological polar surface area (TPSA) is 68.8 Å². The van der Waals surface area contributed by atoms with Crippen LogP contribution in [0.1, 0.15) is 39.2 Å². The van der Waals surface area contributed by atoms with Crippen LogP contribution in [0.4, 0.5) is 0 Å². The van der Waals surface area contributed by atoms with Gasteiger partial charge in [-0.3, -0.25) is 14.7 Å². The van der Waals surface area contributed by atoms with Crippen LogP contribution in [0.15, 0.2) is 35.3 Å². The van der Waals surface area contributed by atoms with E-state index in [1.165, 1.54) is 5.56 Å². The average molecular weight is 374 g/mol. The normalized spacial score (nSPS) is 16.8. The molecule has 0 unspecified atom stereocenters. The largest absolute Gasteiger partial charge is 0.355 e. The first-order chi connectivity index (χ1) is 12.9. The number of benzene rings is 1. The van der Waals surface area contributed by atoms with Crippen molar-refractivity contribution in [1.82, 2.24) is 20.9 Å². The quantitative estimate of drug-likeness (QED) is 0.405. The molecule has 2 rings (SSSR count). The molecule has 1 aliphatic rings. The molecule has 0 aliphatic carbocycles. The van der Waals surface area contributed by atoms with Crippen molar-refractivity contribution in [2.24, 2.45) is 10.4 Å². The average Bonchev–Trinajstić information content (AvgIpc) is 2.65. The van der Waals surface area contributed by atoms with Crippen LogP contribution >= 0.6 is 0 Å². The summed E-state index contributed by atoms with van der Waals surface area (Å²) in [5.74, 6) is 0.875. The fraction of sp³-hybridized carbons (Fsp3) is 0.619. The Labute approximate surface area is 163 Å². The van der Waals surface area contributed by atoms with E-state index in [0.29, 0.717) is 19.1 Å². The van der Waals surface area contributed by atoms with Gasteiger partial charge in [0.05, 0.1) is 0 Å². The number of aliphatic imine (C=N–C) groups is 1. The molecular formula is C21H35N5O. The second kappa shape index (κ2) is 10.3. The maximum absolute atomic E-state index is 11.9. The van der Waals surface area contributed by atoms with Gasteiger partial charge in [-0.05, 0) is 18.4 Å². The molecule has 27 heavy (non-hydrogen) atoms. The summed E-state index contributed by atoms with van der Waals surface area (Å²) in [7, 11) is 1.79. The zero-order valence-corrected chi connectivity index (χ0v) is 17.2. The molecule has 1 aliphatic heterocycles. The van der Waals surface area contributed by atoms with E-state index in [0.717, 1.165) is 38.4 Å². The van der Waals surface area contributed by atoms with E-state index in [-0.39, 0.29) is 11.3 Å². The Kier molecular flexibility index (Phi) is 8.10. The monoisotopic (exact) mass is 373 g/mol. The fourth-order valence-corrected chi connectivity index (χ4v) is 3.09. The standard InChI is InChI=1S/C21H35N5O/c1-21(2,3)19(27)23-12-13-24-20(22-4)25-18-10-14-26(15-11-18)16-17-8-6-5-7-9-17/h5-9,18H,10-16H2,1-4H3,(H,23,27)(H2,22,24,25). The summed E-state index contributed by atoms with van der Waals surface area (Å²) in [4.78, 5) is 18.7. The molecule has 1 fully saturated rings. The van der Waals surface area contributed by atoms with Crippen LogP contribution < -0.4 is 16.0 Å². The molecule has 1 heterocycles. The number of nitrogens with one attached hydrogen (secondary N) is 3. The fourth-order valence-electron chi connectivity index (χ4n) is 3.09. The van der Waals surface area contributed by atoms with Gasteiger partial charge in [-0.15, -0.1) is 0 Å². The molecule has 3 N–H and O–H groups in total. The summed E-state index contributed by atoms with van der Waals surface area (Å²) in [6.07, 6.45) is 2.21. The highest BCUT2D eigenvalue weighted by Crippen LogP contribution is 2.14. The molecule has 1 aromatic rings. The zero-order chi connectivity index (χ0) is 19.7. The van der Waals surface area contributed by atoms with E-state index in [2.05, 4.69) is 56.2 Å². The van der Waals surface area contributed by atoms with Crippen molar-refractivity contribution < 1.29 is 4.79 Å². The van der Waals surface area contributed by atoms with Gasteiger partial charge >= 0.3 is 0 Å². The van der Waals surface area contributed by atoms with Crippen molar-refractivity contribution in [3.8, 4) is 0 Å². The third-order valence-corrected chi connectivity index (χ3v) is 4.79. The number of guanidine groups is 1. The highest BCUT2D eigenvalue weighted by molar-refractivity contribution is 5.82. The molecule has 1 amide bonds. The third-order valence-electron chi connectivity index (χ3n) is 4.79. The second-order valence-electron chi connectivity index (χ2n) is 8.19. The molecule has 0 saturated carbocycles. The Morgan fingerprint density at radius 1 is 1.11 bits per heavy atom. The first-order valence-electron chi connectivity index (χ1n) is 9.90. The SMILES string of the molecule is CN=C(NCCNC(=O)C(C)(C)C)NC1CCN(Cc2ccccc2)CC1. The smallest absolute Gasteiger partial charge is 0.225 e. The number of rotatable bonds is 6. The van der Waals surface area contributed by atoms with Gasteiger partial charge in [-0.1, -0.05) is 51.1 Å². The second-order valence-corrected chi connectivity index (χ2v) is 8.19. The minimum Gasteiger partial charge on any atom is -0.355 e. The van der Waals surface area contributed by atoms with Gasteiger partial charge in [-0.2, -0.15) is 0 Å². The highest BCUT2D eigenvalue weighted by Gasteiger charge is 2.21. The van der Waals surface area contributed by atoms with Gasteiger partial charge in [0.2, 0.25) is 5.91 Å². The van der Waals surface area contributed by atoms with E-state index in [1.54, 1.807) is 7.05 Å². The van der Waals surface area contributed by atoms with Crippen LogP contribution in [0.5, 0.6) is 0 Å². The number of nitrogens with zero attached hydrogens (tertiary/aromatic N) is 2. The molecule has 0 radical (unpaired) electrons. The molecule has 0 bridgehead atoms. The predicted molar refractivity (Wildman–Crippen MR) is 112 cm³/mol. The van der Waals surface area contributed by atoms with Crippen LogP contribution in [-0.4, -0.2) is 56.0 Å². The number of carbonyl (C=O) groups excluding carboxylic acids is 1. The summed E-state index contributed by atoms with van der Waals surface area (Å²) in [6, 6.07) is 11.1. The molecule has 6 heteroatoms. The van der Waals surface area contributed by atoms with E-state index in [1.807, 2.05) is 20.8 Å². The van der Waals surface area contributed by atoms with Crippen molar-refractivity contribution in [2.45, 2.75) is 46.2 Å². The van der Waals surface area contributed by atoms with Gasteiger partial charge in [0, 0.05) is 51.2 Å². The van der Waals surface area contributed by atoms with Gasteiger partial charge in [-0.25, -0.2) is 0 Å². The van der Waals surface area contributed by atoms with E-state index in [4.69, 9.17) is 0 Å². The number of hydrogen-bond donors (Lipinski definition) is 3. The van der Waals surface area contributed by atoms with Crippen LogP contribution in [-0.2, 0) is 11.3 Å². The maximum atomic E-state index is 11.9.